The molecule has 7 heteroatoms. The normalized spacial score (nSPS) is 10.4. The topological polar surface area (TPSA) is 80.5 Å². The summed E-state index contributed by atoms with van der Waals surface area (Å²) in [5.41, 5.74) is 1.70. The number of benzene rings is 2. The predicted octanol–water partition coefficient (Wildman–Crippen LogP) is 2.96. The highest BCUT2D eigenvalue weighted by Gasteiger charge is 2.13. The molecule has 0 amide bonds. The molecule has 3 rings (SSSR count). The first-order chi connectivity index (χ1) is 11.2. The number of aromatic nitrogens is 3. The van der Waals surface area contributed by atoms with Crippen LogP contribution < -0.4 is 5.84 Å². The molecule has 3 aromatic rings. The summed E-state index contributed by atoms with van der Waals surface area (Å²) in [4.78, 5) is 0. The molecule has 2 N–H and O–H groups in total. The molecular weight excluding hydrogens is 313 g/mol. The number of nitriles is 1. The zero-order valence-electron chi connectivity index (χ0n) is 12.0. The monoisotopic (exact) mass is 325 g/mol. The molecule has 0 unspecified atom stereocenters. The predicted molar refractivity (Wildman–Crippen MR) is 86.3 cm³/mol. The molecule has 0 aliphatic heterocycles. The third-order valence-corrected chi connectivity index (χ3v) is 4.22. The Morgan fingerprint density at radius 2 is 1.96 bits per heavy atom. The summed E-state index contributed by atoms with van der Waals surface area (Å²) >= 11 is 1.26. The number of thioether (sulfide) groups is 1. The Balaban J connectivity index is 1.80. The molecule has 0 aliphatic carbocycles. The van der Waals surface area contributed by atoms with Gasteiger partial charge >= 0.3 is 0 Å². The Morgan fingerprint density at radius 1 is 1.17 bits per heavy atom. The fraction of sp³-hybridized carbons (Fsp3) is 0.0625. The molecule has 0 atom stereocenters. The Kier molecular flexibility index (Phi) is 4.26. The fourth-order valence-corrected chi connectivity index (χ4v) is 2.89. The van der Waals surface area contributed by atoms with Gasteiger partial charge in [-0.1, -0.05) is 42.1 Å². The molecule has 1 aromatic heterocycles. The molecule has 23 heavy (non-hydrogen) atoms. The van der Waals surface area contributed by atoms with Crippen LogP contribution in [0.1, 0.15) is 11.1 Å². The first-order valence-corrected chi connectivity index (χ1v) is 7.75. The van der Waals surface area contributed by atoms with E-state index in [0.29, 0.717) is 27.9 Å². The quantitative estimate of drug-likeness (QED) is 0.589. The number of nitrogen functional groups attached to an aromatic ring is 1. The van der Waals surface area contributed by atoms with Crippen molar-refractivity contribution in [1.29, 1.82) is 5.26 Å². The van der Waals surface area contributed by atoms with Gasteiger partial charge in [-0.25, -0.2) is 9.07 Å². The Hall–Kier alpha value is -2.85. The molecule has 5 nitrogen and oxygen atoms in total. The van der Waals surface area contributed by atoms with Gasteiger partial charge in [0, 0.05) is 11.3 Å². The van der Waals surface area contributed by atoms with E-state index in [9.17, 15) is 4.39 Å². The first kappa shape index (κ1) is 15.1. The molecule has 0 bridgehead atoms. The number of hydrogen-bond acceptors (Lipinski definition) is 5. The summed E-state index contributed by atoms with van der Waals surface area (Å²) in [6, 6.07) is 15.7. The van der Waals surface area contributed by atoms with Crippen LogP contribution in [0.25, 0.3) is 11.4 Å². The largest absolute Gasteiger partial charge is 0.335 e. The van der Waals surface area contributed by atoms with Crippen molar-refractivity contribution < 1.29 is 4.39 Å². The zero-order chi connectivity index (χ0) is 16.2. The van der Waals surface area contributed by atoms with E-state index in [1.165, 1.54) is 34.6 Å². The zero-order valence-corrected chi connectivity index (χ0v) is 12.8. The molecule has 0 spiro atoms. The summed E-state index contributed by atoms with van der Waals surface area (Å²) < 4.78 is 15.2. The van der Waals surface area contributed by atoms with Crippen LogP contribution in [0.2, 0.25) is 0 Å². The summed E-state index contributed by atoms with van der Waals surface area (Å²) in [6.07, 6.45) is 0. The second-order valence-corrected chi connectivity index (χ2v) is 5.69. The van der Waals surface area contributed by atoms with Crippen LogP contribution >= 0.6 is 11.8 Å². The molecule has 0 saturated heterocycles. The molecule has 2 aromatic carbocycles. The third-order valence-electron chi connectivity index (χ3n) is 3.23. The van der Waals surface area contributed by atoms with Crippen molar-refractivity contribution in [2.24, 2.45) is 0 Å². The molecule has 0 saturated carbocycles. The van der Waals surface area contributed by atoms with E-state index in [0.717, 1.165) is 5.56 Å². The Bertz CT molecular complexity index is 870. The minimum Gasteiger partial charge on any atom is -0.335 e. The SMILES string of the molecule is N#Cc1ccc(F)c(CSc2nnc(-c3ccccc3)n2N)c1. The standard InChI is InChI=1S/C16H12FN5S/c17-14-7-6-11(9-18)8-13(14)10-23-16-21-20-15(22(16)19)12-4-2-1-3-5-12/h1-8H,10,19H2. The van der Waals surface area contributed by atoms with Crippen molar-refractivity contribution in [3.05, 3.63) is 65.5 Å². The Labute approximate surface area is 136 Å². The van der Waals surface area contributed by atoms with Crippen molar-refractivity contribution in [2.75, 3.05) is 5.84 Å². The maximum Gasteiger partial charge on any atom is 0.210 e. The van der Waals surface area contributed by atoms with Gasteiger partial charge in [0.25, 0.3) is 0 Å². The molecule has 0 fully saturated rings. The number of rotatable bonds is 4. The first-order valence-electron chi connectivity index (χ1n) is 6.76. The number of nitrogens with two attached hydrogens (primary N) is 1. The lowest BCUT2D eigenvalue weighted by Gasteiger charge is -2.05. The van der Waals surface area contributed by atoms with Crippen LogP contribution in [-0.4, -0.2) is 14.9 Å². The van der Waals surface area contributed by atoms with Gasteiger partial charge in [0.15, 0.2) is 5.82 Å². The second kappa shape index (κ2) is 6.50. The minimum absolute atomic E-state index is 0.311. The number of hydrogen-bond donors (Lipinski definition) is 1. The average Bonchev–Trinajstić information content (AvgIpc) is 2.96. The highest BCUT2D eigenvalue weighted by Crippen LogP contribution is 2.25. The Morgan fingerprint density at radius 3 is 2.70 bits per heavy atom. The van der Waals surface area contributed by atoms with Crippen LogP contribution in [0, 0.1) is 17.1 Å². The van der Waals surface area contributed by atoms with Crippen LogP contribution in [0.15, 0.2) is 53.7 Å². The van der Waals surface area contributed by atoms with Gasteiger partial charge in [-0.15, -0.1) is 10.2 Å². The molecule has 0 aliphatic rings. The van der Waals surface area contributed by atoms with Gasteiger partial charge in [-0.05, 0) is 23.8 Å². The van der Waals surface area contributed by atoms with E-state index in [1.807, 2.05) is 36.4 Å². The third kappa shape index (κ3) is 3.17. The fourth-order valence-electron chi connectivity index (χ4n) is 2.06. The number of nitrogens with zero attached hydrogens (tertiary/aromatic N) is 4. The van der Waals surface area contributed by atoms with Crippen molar-refractivity contribution in [3.63, 3.8) is 0 Å². The second-order valence-electron chi connectivity index (χ2n) is 4.75. The maximum absolute atomic E-state index is 13.8. The van der Waals surface area contributed by atoms with E-state index in [4.69, 9.17) is 11.1 Å². The van der Waals surface area contributed by atoms with E-state index in [-0.39, 0.29) is 5.82 Å². The van der Waals surface area contributed by atoms with Crippen molar-refractivity contribution in [3.8, 4) is 17.5 Å². The van der Waals surface area contributed by atoms with Gasteiger partial charge in [-0.3, -0.25) is 0 Å². The van der Waals surface area contributed by atoms with Gasteiger partial charge in [0.05, 0.1) is 11.6 Å². The smallest absolute Gasteiger partial charge is 0.210 e. The molecule has 1 heterocycles. The average molecular weight is 325 g/mol. The summed E-state index contributed by atoms with van der Waals surface area (Å²) in [6.45, 7) is 0. The van der Waals surface area contributed by atoms with Gasteiger partial charge in [-0.2, -0.15) is 5.26 Å². The summed E-state index contributed by atoms with van der Waals surface area (Å²) in [7, 11) is 0. The molecule has 114 valence electrons. The summed E-state index contributed by atoms with van der Waals surface area (Å²) in [5.74, 6) is 6.51. The number of halogens is 1. The van der Waals surface area contributed by atoms with Gasteiger partial charge in [0.1, 0.15) is 5.82 Å². The minimum atomic E-state index is -0.358. The van der Waals surface area contributed by atoms with Crippen molar-refractivity contribution in [2.45, 2.75) is 10.9 Å². The van der Waals surface area contributed by atoms with Gasteiger partial charge < -0.3 is 5.84 Å². The van der Waals surface area contributed by atoms with E-state index in [1.54, 1.807) is 0 Å². The lowest BCUT2D eigenvalue weighted by Crippen LogP contribution is -2.11. The highest BCUT2D eigenvalue weighted by molar-refractivity contribution is 7.98. The van der Waals surface area contributed by atoms with Crippen LogP contribution in [0.5, 0.6) is 0 Å². The van der Waals surface area contributed by atoms with Crippen LogP contribution in [0.4, 0.5) is 4.39 Å². The van der Waals surface area contributed by atoms with Crippen molar-refractivity contribution >= 4 is 11.8 Å². The van der Waals surface area contributed by atoms with E-state index >= 15 is 0 Å². The molecular formula is C16H12FN5S. The summed E-state index contributed by atoms with van der Waals surface area (Å²) in [5, 5.41) is 17.5. The highest BCUT2D eigenvalue weighted by atomic mass is 32.2. The molecule has 0 radical (unpaired) electrons. The van der Waals surface area contributed by atoms with Crippen molar-refractivity contribution in [1.82, 2.24) is 14.9 Å². The van der Waals surface area contributed by atoms with Crippen LogP contribution in [-0.2, 0) is 5.75 Å². The van der Waals surface area contributed by atoms with E-state index in [2.05, 4.69) is 10.2 Å². The lowest BCUT2D eigenvalue weighted by atomic mass is 10.1. The lowest BCUT2D eigenvalue weighted by molar-refractivity contribution is 0.617. The van der Waals surface area contributed by atoms with E-state index < -0.39 is 0 Å². The van der Waals surface area contributed by atoms with Crippen LogP contribution in [0.3, 0.4) is 0 Å². The maximum atomic E-state index is 13.8. The van der Waals surface area contributed by atoms with Gasteiger partial charge in [0.2, 0.25) is 5.16 Å².